The smallest absolute Gasteiger partial charge is 0.267 e. The highest BCUT2D eigenvalue weighted by Crippen LogP contribution is 2.33. The fourth-order valence-corrected chi connectivity index (χ4v) is 3.29. The van der Waals surface area contributed by atoms with Crippen LogP contribution in [0.5, 0.6) is 5.75 Å². The first-order valence-corrected chi connectivity index (χ1v) is 9.24. The van der Waals surface area contributed by atoms with Gasteiger partial charge in [-0.1, -0.05) is 18.2 Å². The number of hydrogen-bond donors (Lipinski definition) is 1. The van der Waals surface area contributed by atoms with Gasteiger partial charge >= 0.3 is 0 Å². The Bertz CT molecular complexity index is 1050. The molecule has 2 aromatic carbocycles. The van der Waals surface area contributed by atoms with Crippen LogP contribution in [0.2, 0.25) is 0 Å². The Morgan fingerprint density at radius 1 is 1.17 bits per heavy atom. The number of hydrogen-bond acceptors (Lipinski definition) is 6. The van der Waals surface area contributed by atoms with Gasteiger partial charge in [-0.15, -0.1) is 5.10 Å². The van der Waals surface area contributed by atoms with Gasteiger partial charge in [0.25, 0.3) is 5.91 Å². The van der Waals surface area contributed by atoms with Gasteiger partial charge in [0.15, 0.2) is 6.10 Å². The van der Waals surface area contributed by atoms with E-state index in [-0.39, 0.29) is 24.8 Å². The maximum absolute atomic E-state index is 12.6. The Balaban J connectivity index is 1.46. The number of benzene rings is 2. The van der Waals surface area contributed by atoms with Crippen molar-refractivity contribution in [3.05, 3.63) is 54.4 Å². The van der Waals surface area contributed by atoms with E-state index in [2.05, 4.69) is 20.8 Å². The van der Waals surface area contributed by atoms with Crippen molar-refractivity contribution in [2.45, 2.75) is 26.4 Å². The van der Waals surface area contributed by atoms with Crippen LogP contribution in [0.3, 0.4) is 0 Å². The topological polar surface area (TPSA) is 102 Å². The summed E-state index contributed by atoms with van der Waals surface area (Å²) in [5.74, 6) is 0.296. The monoisotopic (exact) mass is 392 g/mol. The van der Waals surface area contributed by atoms with Gasteiger partial charge in [-0.05, 0) is 54.1 Å². The number of ether oxygens (including phenoxy) is 1. The number of aromatic nitrogens is 4. The van der Waals surface area contributed by atoms with Gasteiger partial charge in [-0.25, -0.2) is 4.68 Å². The van der Waals surface area contributed by atoms with Gasteiger partial charge in [0.2, 0.25) is 5.91 Å². The lowest BCUT2D eigenvalue weighted by Gasteiger charge is -2.32. The molecular formula is C20H20N6O3. The van der Waals surface area contributed by atoms with Gasteiger partial charge in [0.05, 0.1) is 11.4 Å². The van der Waals surface area contributed by atoms with Crippen LogP contribution < -0.4 is 15.0 Å². The number of fused-ring (bicyclic) bond motifs is 1. The molecule has 0 unspecified atom stereocenters. The fourth-order valence-electron chi connectivity index (χ4n) is 3.29. The fraction of sp³-hybridized carbons (Fsp3) is 0.250. The second kappa shape index (κ2) is 7.70. The number of para-hydroxylation sites is 2. The number of nitrogens with one attached hydrogen (secondary N) is 1. The van der Waals surface area contributed by atoms with Crippen molar-refractivity contribution >= 4 is 23.2 Å². The first-order chi connectivity index (χ1) is 14.0. The average Bonchev–Trinajstić information content (AvgIpc) is 3.24. The zero-order valence-corrected chi connectivity index (χ0v) is 16.1. The summed E-state index contributed by atoms with van der Waals surface area (Å²) < 4.78 is 7.17. The summed E-state index contributed by atoms with van der Waals surface area (Å²) in [4.78, 5) is 26.7. The molecule has 9 nitrogen and oxygen atoms in total. The summed E-state index contributed by atoms with van der Waals surface area (Å²) in [6, 6.07) is 12.8. The van der Waals surface area contributed by atoms with Gasteiger partial charge in [-0.2, -0.15) is 0 Å². The molecule has 1 aliphatic heterocycles. The molecule has 1 N–H and O–H groups in total. The molecule has 1 aromatic heterocycles. The molecule has 2 amide bonds. The average molecular weight is 392 g/mol. The molecule has 4 rings (SSSR count). The molecule has 2 heterocycles. The van der Waals surface area contributed by atoms with Crippen LogP contribution in [-0.2, 0) is 9.59 Å². The molecule has 0 saturated heterocycles. The van der Waals surface area contributed by atoms with Crippen molar-refractivity contribution in [2.24, 2.45) is 0 Å². The Labute approximate surface area is 167 Å². The predicted octanol–water partition coefficient (Wildman–Crippen LogP) is 2.11. The second-order valence-electron chi connectivity index (χ2n) is 6.72. The molecule has 0 bridgehead atoms. The minimum absolute atomic E-state index is 0.154. The van der Waals surface area contributed by atoms with Crippen molar-refractivity contribution in [1.29, 1.82) is 0 Å². The first kappa shape index (κ1) is 18.6. The molecule has 1 atom stereocenters. The Morgan fingerprint density at radius 3 is 2.76 bits per heavy atom. The summed E-state index contributed by atoms with van der Waals surface area (Å²) in [5, 5.41) is 14.1. The van der Waals surface area contributed by atoms with E-state index in [0.717, 1.165) is 11.3 Å². The Kier molecular flexibility index (Phi) is 4.94. The molecule has 0 spiro atoms. The van der Waals surface area contributed by atoms with E-state index in [1.807, 2.05) is 49.4 Å². The number of carbonyl (C=O) groups is 2. The van der Waals surface area contributed by atoms with Crippen molar-refractivity contribution in [1.82, 2.24) is 20.2 Å². The zero-order valence-electron chi connectivity index (χ0n) is 16.1. The van der Waals surface area contributed by atoms with Crippen LogP contribution in [0, 0.1) is 6.92 Å². The van der Waals surface area contributed by atoms with E-state index in [0.29, 0.717) is 17.1 Å². The molecule has 0 saturated carbocycles. The number of carbonyl (C=O) groups excluding carboxylic acids is 2. The summed E-state index contributed by atoms with van der Waals surface area (Å²) in [6.07, 6.45) is 1.07. The number of amides is 2. The lowest BCUT2D eigenvalue weighted by Crippen LogP contribution is -2.45. The highest BCUT2D eigenvalue weighted by Gasteiger charge is 2.31. The lowest BCUT2D eigenvalue weighted by molar-refractivity contribution is -0.125. The summed E-state index contributed by atoms with van der Waals surface area (Å²) in [6.45, 7) is 3.86. The standard InChI is InChI=1S/C20H20N6O3/c1-13-15(6-5-8-16(13)26-12-21-23-24-26)22-19(27)10-11-25-17-7-3-4-9-18(17)29-14(2)20(25)28/h3-9,12,14H,10-11H2,1-2H3,(H,22,27)/t14-/m1/s1. The highest BCUT2D eigenvalue weighted by atomic mass is 16.5. The van der Waals surface area contributed by atoms with Crippen molar-refractivity contribution in [3.63, 3.8) is 0 Å². The third-order valence-electron chi connectivity index (χ3n) is 4.81. The first-order valence-electron chi connectivity index (χ1n) is 9.24. The van der Waals surface area contributed by atoms with Crippen LogP contribution in [0.4, 0.5) is 11.4 Å². The van der Waals surface area contributed by atoms with E-state index in [1.54, 1.807) is 11.8 Å². The molecule has 0 aliphatic carbocycles. The summed E-state index contributed by atoms with van der Waals surface area (Å²) in [7, 11) is 0. The third kappa shape index (κ3) is 3.66. The van der Waals surface area contributed by atoms with Crippen LogP contribution in [0.25, 0.3) is 5.69 Å². The van der Waals surface area contributed by atoms with Crippen LogP contribution >= 0.6 is 0 Å². The van der Waals surface area contributed by atoms with Crippen molar-refractivity contribution < 1.29 is 14.3 Å². The molecule has 148 valence electrons. The van der Waals surface area contributed by atoms with Crippen LogP contribution in [-0.4, -0.2) is 44.7 Å². The van der Waals surface area contributed by atoms with E-state index < -0.39 is 6.10 Å². The van der Waals surface area contributed by atoms with E-state index in [1.165, 1.54) is 11.0 Å². The maximum Gasteiger partial charge on any atom is 0.267 e. The molecule has 3 aromatic rings. The number of anilines is 2. The van der Waals surface area contributed by atoms with Gasteiger partial charge in [-0.3, -0.25) is 9.59 Å². The van der Waals surface area contributed by atoms with E-state index in [9.17, 15) is 9.59 Å². The van der Waals surface area contributed by atoms with E-state index >= 15 is 0 Å². The molecular weight excluding hydrogens is 372 g/mol. The van der Waals surface area contributed by atoms with E-state index in [4.69, 9.17) is 4.74 Å². The second-order valence-corrected chi connectivity index (χ2v) is 6.72. The lowest BCUT2D eigenvalue weighted by atomic mass is 10.1. The maximum atomic E-state index is 12.6. The van der Waals surface area contributed by atoms with Gasteiger partial charge in [0.1, 0.15) is 12.1 Å². The largest absolute Gasteiger partial charge is 0.479 e. The summed E-state index contributed by atoms with van der Waals surface area (Å²) >= 11 is 0. The van der Waals surface area contributed by atoms with Crippen LogP contribution in [0.15, 0.2) is 48.8 Å². The highest BCUT2D eigenvalue weighted by molar-refractivity contribution is 6.01. The quantitative estimate of drug-likeness (QED) is 0.714. The SMILES string of the molecule is Cc1c(NC(=O)CCN2C(=O)[C@@H](C)Oc3ccccc32)cccc1-n1cnnn1. The number of rotatable bonds is 5. The third-order valence-corrected chi connectivity index (χ3v) is 4.81. The zero-order chi connectivity index (χ0) is 20.4. The molecule has 29 heavy (non-hydrogen) atoms. The molecule has 9 heteroatoms. The van der Waals surface area contributed by atoms with Crippen LogP contribution in [0.1, 0.15) is 18.9 Å². The summed E-state index contributed by atoms with van der Waals surface area (Å²) in [5.41, 5.74) is 2.97. The van der Waals surface area contributed by atoms with Crippen molar-refractivity contribution in [3.8, 4) is 11.4 Å². The molecule has 0 fully saturated rings. The predicted molar refractivity (Wildman–Crippen MR) is 106 cm³/mol. The number of tetrazole rings is 1. The van der Waals surface area contributed by atoms with Gasteiger partial charge in [0, 0.05) is 18.7 Å². The van der Waals surface area contributed by atoms with Gasteiger partial charge < -0.3 is 15.0 Å². The number of nitrogens with zero attached hydrogens (tertiary/aromatic N) is 5. The molecule has 1 aliphatic rings. The normalized spacial score (nSPS) is 15.6. The minimum Gasteiger partial charge on any atom is -0.479 e. The minimum atomic E-state index is -0.580. The van der Waals surface area contributed by atoms with Crippen molar-refractivity contribution in [2.75, 3.05) is 16.8 Å². The Morgan fingerprint density at radius 2 is 1.97 bits per heavy atom. The molecule has 0 radical (unpaired) electrons. The Hall–Kier alpha value is -3.75.